The lowest BCUT2D eigenvalue weighted by molar-refractivity contribution is -0.146. The Morgan fingerprint density at radius 2 is 2.00 bits per heavy atom. The van der Waals surface area contributed by atoms with E-state index in [1.165, 1.54) is 7.11 Å². The summed E-state index contributed by atoms with van der Waals surface area (Å²) in [4.78, 5) is 11.0. The van der Waals surface area contributed by atoms with Crippen molar-refractivity contribution in [1.29, 1.82) is 0 Å². The summed E-state index contributed by atoms with van der Waals surface area (Å²) in [6, 6.07) is 7.08. The summed E-state index contributed by atoms with van der Waals surface area (Å²) >= 11 is 0. The molecular weight excluding hydrogens is 208 g/mol. The minimum atomic E-state index is -0.909. The normalized spacial score (nSPS) is 16.6. The Morgan fingerprint density at radius 3 is 2.50 bits per heavy atom. The Labute approximate surface area is 93.8 Å². The van der Waals surface area contributed by atoms with Crippen LogP contribution in [-0.2, 0) is 4.79 Å². The molecule has 86 valence electrons. The number of benzene rings is 1. The van der Waals surface area contributed by atoms with E-state index in [-0.39, 0.29) is 5.92 Å². The standard InChI is InChI=1S/C12H14O4/c1-15-9-4-2-3-5-10(9)16-11(12(13)14)8-6-7-8/h2-5,8,11H,6-7H2,1H3,(H,13,14). The van der Waals surface area contributed by atoms with Crippen LogP contribution in [0.25, 0.3) is 0 Å². The van der Waals surface area contributed by atoms with Gasteiger partial charge in [-0.2, -0.15) is 0 Å². The SMILES string of the molecule is COc1ccccc1OC(C(=O)O)C1CC1. The van der Waals surface area contributed by atoms with E-state index in [2.05, 4.69) is 0 Å². The number of rotatable bonds is 5. The lowest BCUT2D eigenvalue weighted by Crippen LogP contribution is -2.29. The van der Waals surface area contributed by atoms with Crippen LogP contribution in [0.15, 0.2) is 24.3 Å². The maximum Gasteiger partial charge on any atom is 0.345 e. The molecule has 0 aromatic heterocycles. The van der Waals surface area contributed by atoms with Gasteiger partial charge in [0.25, 0.3) is 0 Å². The minimum Gasteiger partial charge on any atom is -0.493 e. The number of aliphatic carboxylic acids is 1. The van der Waals surface area contributed by atoms with Gasteiger partial charge in [0.15, 0.2) is 17.6 Å². The minimum absolute atomic E-state index is 0.141. The fourth-order valence-corrected chi connectivity index (χ4v) is 1.60. The summed E-state index contributed by atoms with van der Waals surface area (Å²) in [5.74, 6) is 0.287. The molecular formula is C12H14O4. The molecule has 4 nitrogen and oxygen atoms in total. The summed E-state index contributed by atoms with van der Waals surface area (Å²) in [7, 11) is 1.54. The molecule has 1 atom stereocenters. The van der Waals surface area contributed by atoms with Gasteiger partial charge < -0.3 is 14.6 Å². The Morgan fingerprint density at radius 1 is 1.38 bits per heavy atom. The van der Waals surface area contributed by atoms with E-state index in [0.717, 1.165) is 12.8 Å². The highest BCUT2D eigenvalue weighted by Gasteiger charge is 2.38. The molecule has 1 aromatic rings. The van der Waals surface area contributed by atoms with Crippen LogP contribution in [0.4, 0.5) is 0 Å². The summed E-state index contributed by atoms with van der Waals surface area (Å²) < 4.78 is 10.6. The zero-order valence-electron chi connectivity index (χ0n) is 9.05. The Kier molecular flexibility index (Phi) is 2.99. The molecule has 4 heteroatoms. The number of carboxylic acids is 1. The summed E-state index contributed by atoms with van der Waals surface area (Å²) in [5, 5.41) is 9.04. The van der Waals surface area contributed by atoms with Gasteiger partial charge in [0.2, 0.25) is 0 Å². The van der Waals surface area contributed by atoms with Crippen molar-refractivity contribution >= 4 is 5.97 Å². The van der Waals surface area contributed by atoms with Gasteiger partial charge >= 0.3 is 5.97 Å². The first kappa shape index (κ1) is 10.8. The zero-order valence-corrected chi connectivity index (χ0v) is 9.05. The summed E-state index contributed by atoms with van der Waals surface area (Å²) in [6.45, 7) is 0. The maximum atomic E-state index is 11.0. The highest BCUT2D eigenvalue weighted by molar-refractivity contribution is 5.73. The van der Waals surface area contributed by atoms with Gasteiger partial charge in [-0.15, -0.1) is 0 Å². The lowest BCUT2D eigenvalue weighted by Gasteiger charge is -2.16. The first-order valence-electron chi connectivity index (χ1n) is 5.25. The van der Waals surface area contributed by atoms with Gasteiger partial charge in [0.05, 0.1) is 7.11 Å². The number of carbonyl (C=O) groups is 1. The molecule has 0 amide bonds. The second-order valence-corrected chi connectivity index (χ2v) is 3.86. The largest absolute Gasteiger partial charge is 0.493 e. The van der Waals surface area contributed by atoms with Crippen molar-refractivity contribution < 1.29 is 19.4 Å². The Bertz CT molecular complexity index is 384. The molecule has 0 saturated heterocycles. The molecule has 1 saturated carbocycles. The van der Waals surface area contributed by atoms with Crippen molar-refractivity contribution in [3.8, 4) is 11.5 Å². The molecule has 0 radical (unpaired) electrons. The molecule has 16 heavy (non-hydrogen) atoms. The predicted octanol–water partition coefficient (Wildman–Crippen LogP) is 1.94. The molecule has 1 aliphatic rings. The number of methoxy groups -OCH3 is 1. The number of ether oxygens (including phenoxy) is 2. The number of hydrogen-bond donors (Lipinski definition) is 1. The molecule has 1 aromatic carbocycles. The van der Waals surface area contributed by atoms with Crippen LogP contribution in [0.2, 0.25) is 0 Å². The average Bonchev–Trinajstić information content (AvgIpc) is 3.10. The fourth-order valence-electron chi connectivity index (χ4n) is 1.60. The van der Waals surface area contributed by atoms with Gasteiger partial charge in [-0.1, -0.05) is 12.1 Å². The van der Waals surface area contributed by atoms with Crippen molar-refractivity contribution in [3.63, 3.8) is 0 Å². The maximum absolute atomic E-state index is 11.0. The van der Waals surface area contributed by atoms with Gasteiger partial charge in [-0.3, -0.25) is 0 Å². The van der Waals surface area contributed by atoms with Crippen LogP contribution in [0, 0.1) is 5.92 Å². The molecule has 1 unspecified atom stereocenters. The van der Waals surface area contributed by atoms with E-state index in [4.69, 9.17) is 14.6 Å². The van der Waals surface area contributed by atoms with Gasteiger partial charge in [0, 0.05) is 5.92 Å². The molecule has 1 N–H and O–H groups in total. The van der Waals surface area contributed by atoms with E-state index < -0.39 is 12.1 Å². The molecule has 0 bridgehead atoms. The highest BCUT2D eigenvalue weighted by Crippen LogP contribution is 2.37. The van der Waals surface area contributed by atoms with E-state index in [0.29, 0.717) is 11.5 Å². The first-order chi connectivity index (χ1) is 7.72. The van der Waals surface area contributed by atoms with Crippen LogP contribution in [0.3, 0.4) is 0 Å². The van der Waals surface area contributed by atoms with Crippen LogP contribution in [0.5, 0.6) is 11.5 Å². The molecule has 0 heterocycles. The molecule has 2 rings (SSSR count). The van der Waals surface area contributed by atoms with Crippen LogP contribution in [-0.4, -0.2) is 24.3 Å². The monoisotopic (exact) mass is 222 g/mol. The Balaban J connectivity index is 2.14. The molecule has 1 aliphatic carbocycles. The van der Waals surface area contributed by atoms with Crippen molar-refractivity contribution in [1.82, 2.24) is 0 Å². The quantitative estimate of drug-likeness (QED) is 0.827. The molecule has 0 spiro atoms. The van der Waals surface area contributed by atoms with Crippen molar-refractivity contribution in [3.05, 3.63) is 24.3 Å². The third-order valence-electron chi connectivity index (χ3n) is 2.62. The van der Waals surface area contributed by atoms with Crippen LogP contribution in [0.1, 0.15) is 12.8 Å². The highest BCUT2D eigenvalue weighted by atomic mass is 16.5. The zero-order chi connectivity index (χ0) is 11.5. The van der Waals surface area contributed by atoms with Crippen molar-refractivity contribution in [2.24, 2.45) is 5.92 Å². The van der Waals surface area contributed by atoms with Crippen LogP contribution < -0.4 is 9.47 Å². The van der Waals surface area contributed by atoms with E-state index in [1.54, 1.807) is 18.2 Å². The predicted molar refractivity (Wildman–Crippen MR) is 57.8 cm³/mol. The summed E-state index contributed by atoms with van der Waals surface area (Å²) in [6.07, 6.45) is 1.09. The lowest BCUT2D eigenvalue weighted by atomic mass is 10.2. The Hall–Kier alpha value is -1.71. The van der Waals surface area contributed by atoms with Crippen LogP contribution >= 0.6 is 0 Å². The first-order valence-corrected chi connectivity index (χ1v) is 5.25. The average molecular weight is 222 g/mol. The number of hydrogen-bond acceptors (Lipinski definition) is 3. The molecule has 0 aliphatic heterocycles. The van der Waals surface area contributed by atoms with Gasteiger partial charge in [-0.05, 0) is 25.0 Å². The van der Waals surface area contributed by atoms with E-state index in [9.17, 15) is 4.79 Å². The third kappa shape index (κ3) is 2.27. The summed E-state index contributed by atoms with van der Waals surface area (Å²) in [5.41, 5.74) is 0. The second-order valence-electron chi connectivity index (χ2n) is 3.86. The number of para-hydroxylation sites is 2. The number of carboxylic acid groups (broad SMARTS) is 1. The topological polar surface area (TPSA) is 55.8 Å². The second kappa shape index (κ2) is 4.43. The van der Waals surface area contributed by atoms with Gasteiger partial charge in [0.1, 0.15) is 0 Å². The third-order valence-corrected chi connectivity index (χ3v) is 2.62. The van der Waals surface area contributed by atoms with Crippen molar-refractivity contribution in [2.75, 3.05) is 7.11 Å². The fraction of sp³-hybridized carbons (Fsp3) is 0.417. The van der Waals surface area contributed by atoms with Crippen molar-refractivity contribution in [2.45, 2.75) is 18.9 Å². The van der Waals surface area contributed by atoms with E-state index >= 15 is 0 Å². The van der Waals surface area contributed by atoms with Gasteiger partial charge in [-0.25, -0.2) is 4.79 Å². The molecule has 1 fully saturated rings. The smallest absolute Gasteiger partial charge is 0.345 e. The van der Waals surface area contributed by atoms with E-state index in [1.807, 2.05) is 6.07 Å².